The van der Waals surface area contributed by atoms with Crippen LogP contribution in [0.25, 0.3) is 6.08 Å². The van der Waals surface area contributed by atoms with Gasteiger partial charge in [0, 0.05) is 32.7 Å². The van der Waals surface area contributed by atoms with E-state index in [2.05, 4.69) is 52.0 Å². The number of rotatable bonds is 10. The number of carbonyl (C=O) groups excluding carboxylic acids is 1. The monoisotopic (exact) mass is 477 g/mol. The summed E-state index contributed by atoms with van der Waals surface area (Å²) in [6.45, 7) is 7.69. The number of benzene rings is 2. The Morgan fingerprint density at radius 3 is 2.41 bits per heavy atom. The minimum absolute atomic E-state index is 0.140. The van der Waals surface area contributed by atoms with E-state index >= 15 is 0 Å². The molecule has 0 radical (unpaired) electrons. The van der Waals surface area contributed by atoms with Crippen LogP contribution in [0.2, 0.25) is 0 Å². The Bertz CT molecular complexity index is 980. The first kappa shape index (κ1) is 24.6. The maximum atomic E-state index is 12.5. The van der Waals surface area contributed by atoms with E-state index in [9.17, 15) is 4.79 Å². The molecule has 2 aromatic rings. The van der Waals surface area contributed by atoms with Gasteiger partial charge in [-0.2, -0.15) is 4.99 Å². The minimum Gasteiger partial charge on any atom is -0.494 e. The van der Waals surface area contributed by atoms with E-state index in [4.69, 9.17) is 4.74 Å². The SMILES string of the molecule is CCCCCCCOc1ccc(/C=C2/SC(N3CCN(Cc4ccccc4)CC3)=NC2=O)cc1. The zero-order valence-corrected chi connectivity index (χ0v) is 20.9. The van der Waals surface area contributed by atoms with Gasteiger partial charge in [0.1, 0.15) is 5.75 Å². The standard InChI is InChI=1S/C28H35N3O2S/c1-2-3-4-5-9-20-33-25-14-12-23(13-15-25)21-26-27(32)29-28(34-26)31-18-16-30(17-19-31)22-24-10-7-6-8-11-24/h6-8,10-15,21H,2-5,9,16-20,22H2,1H3/b26-21+. The third-order valence-electron chi connectivity index (χ3n) is 6.20. The Morgan fingerprint density at radius 2 is 1.68 bits per heavy atom. The molecule has 0 N–H and O–H groups in total. The van der Waals surface area contributed by atoms with Gasteiger partial charge in [-0.15, -0.1) is 0 Å². The highest BCUT2D eigenvalue weighted by Crippen LogP contribution is 2.31. The Balaban J connectivity index is 1.23. The lowest BCUT2D eigenvalue weighted by molar-refractivity contribution is -0.113. The molecule has 2 aliphatic rings. The molecule has 34 heavy (non-hydrogen) atoms. The molecule has 1 fully saturated rings. The number of hydrogen-bond acceptors (Lipinski definition) is 5. The molecule has 2 aromatic carbocycles. The average Bonchev–Trinajstić information content (AvgIpc) is 3.23. The van der Waals surface area contributed by atoms with E-state index in [0.29, 0.717) is 4.91 Å². The lowest BCUT2D eigenvalue weighted by Crippen LogP contribution is -2.47. The predicted molar refractivity (Wildman–Crippen MR) is 142 cm³/mol. The molecule has 180 valence electrons. The van der Waals surface area contributed by atoms with E-state index < -0.39 is 0 Å². The molecule has 0 atom stereocenters. The molecule has 0 aliphatic carbocycles. The number of nitrogens with zero attached hydrogens (tertiary/aromatic N) is 3. The van der Waals surface area contributed by atoms with Gasteiger partial charge in [-0.3, -0.25) is 9.69 Å². The summed E-state index contributed by atoms with van der Waals surface area (Å²) in [7, 11) is 0. The largest absolute Gasteiger partial charge is 0.494 e. The summed E-state index contributed by atoms with van der Waals surface area (Å²) in [4.78, 5) is 22.2. The van der Waals surface area contributed by atoms with Crippen LogP contribution in [-0.4, -0.2) is 53.7 Å². The van der Waals surface area contributed by atoms with Crippen molar-refractivity contribution in [1.29, 1.82) is 0 Å². The first-order chi connectivity index (χ1) is 16.7. The Labute approximate surface area is 207 Å². The van der Waals surface area contributed by atoms with Crippen molar-refractivity contribution in [2.45, 2.75) is 45.6 Å². The number of carbonyl (C=O) groups is 1. The summed E-state index contributed by atoms with van der Waals surface area (Å²) in [5.74, 6) is 0.743. The maximum Gasteiger partial charge on any atom is 0.286 e. The van der Waals surface area contributed by atoms with Gasteiger partial charge in [0.25, 0.3) is 5.91 Å². The van der Waals surface area contributed by atoms with Crippen molar-refractivity contribution in [3.05, 3.63) is 70.6 Å². The molecule has 0 unspecified atom stereocenters. The predicted octanol–water partition coefficient (Wildman–Crippen LogP) is 5.82. The summed E-state index contributed by atoms with van der Waals surface area (Å²) in [5.41, 5.74) is 2.34. The molecule has 2 aliphatic heterocycles. The summed E-state index contributed by atoms with van der Waals surface area (Å²) in [6.07, 6.45) is 8.10. The third-order valence-corrected chi connectivity index (χ3v) is 7.24. The molecular formula is C28H35N3O2S. The third kappa shape index (κ3) is 7.21. The van der Waals surface area contributed by atoms with E-state index in [0.717, 1.165) is 62.2 Å². The van der Waals surface area contributed by atoms with Gasteiger partial charge in [0.05, 0.1) is 11.5 Å². The normalized spacial score (nSPS) is 17.9. The molecule has 1 saturated heterocycles. The Kier molecular flexibility index (Phi) is 9.22. The van der Waals surface area contributed by atoms with Crippen LogP contribution in [0.3, 0.4) is 0 Å². The lowest BCUT2D eigenvalue weighted by atomic mass is 10.2. The second-order valence-electron chi connectivity index (χ2n) is 8.89. The van der Waals surface area contributed by atoms with Gasteiger partial charge in [-0.25, -0.2) is 0 Å². The highest BCUT2D eigenvalue weighted by atomic mass is 32.2. The van der Waals surface area contributed by atoms with E-state index in [1.54, 1.807) is 0 Å². The van der Waals surface area contributed by atoms with E-state index in [1.165, 1.54) is 43.0 Å². The molecule has 5 nitrogen and oxygen atoms in total. The fraction of sp³-hybridized carbons (Fsp3) is 0.429. The highest BCUT2D eigenvalue weighted by Gasteiger charge is 2.28. The molecule has 0 saturated carbocycles. The van der Waals surface area contributed by atoms with Crippen LogP contribution in [0.5, 0.6) is 5.75 Å². The first-order valence-electron chi connectivity index (χ1n) is 12.5. The number of piperazine rings is 1. The van der Waals surface area contributed by atoms with Gasteiger partial charge in [0.15, 0.2) is 5.17 Å². The maximum absolute atomic E-state index is 12.5. The van der Waals surface area contributed by atoms with Crippen molar-refractivity contribution >= 4 is 28.9 Å². The van der Waals surface area contributed by atoms with Crippen molar-refractivity contribution in [3.63, 3.8) is 0 Å². The zero-order valence-electron chi connectivity index (χ0n) is 20.1. The average molecular weight is 478 g/mol. The van der Waals surface area contributed by atoms with Crippen molar-refractivity contribution in [3.8, 4) is 5.75 Å². The number of amides is 1. The van der Waals surface area contributed by atoms with Crippen LogP contribution in [0.1, 0.15) is 50.2 Å². The smallest absolute Gasteiger partial charge is 0.286 e. The van der Waals surface area contributed by atoms with Crippen molar-refractivity contribution in [2.24, 2.45) is 4.99 Å². The number of thioether (sulfide) groups is 1. The molecule has 0 spiro atoms. The molecule has 0 bridgehead atoms. The Hall–Kier alpha value is -2.57. The van der Waals surface area contributed by atoms with Crippen LogP contribution in [0.15, 0.2) is 64.5 Å². The topological polar surface area (TPSA) is 45.1 Å². The van der Waals surface area contributed by atoms with Crippen molar-refractivity contribution in [1.82, 2.24) is 9.80 Å². The molecule has 6 heteroatoms. The number of hydrogen-bond donors (Lipinski definition) is 0. The van der Waals surface area contributed by atoms with Crippen LogP contribution in [0.4, 0.5) is 0 Å². The first-order valence-corrected chi connectivity index (χ1v) is 13.3. The van der Waals surface area contributed by atoms with Crippen LogP contribution in [0, 0.1) is 0 Å². The van der Waals surface area contributed by atoms with Crippen LogP contribution in [-0.2, 0) is 11.3 Å². The summed E-state index contributed by atoms with van der Waals surface area (Å²) in [6, 6.07) is 18.6. The summed E-state index contributed by atoms with van der Waals surface area (Å²) in [5, 5.41) is 0.832. The van der Waals surface area contributed by atoms with E-state index in [1.807, 2.05) is 30.3 Å². The quantitative estimate of drug-likeness (QED) is 0.318. The second kappa shape index (κ2) is 12.8. The molecular weight excluding hydrogens is 442 g/mol. The number of aliphatic imine (C=N–C) groups is 1. The molecule has 4 rings (SSSR count). The van der Waals surface area contributed by atoms with Gasteiger partial charge < -0.3 is 9.64 Å². The number of amidine groups is 1. The fourth-order valence-electron chi connectivity index (χ4n) is 4.18. The fourth-order valence-corrected chi connectivity index (χ4v) is 5.14. The Morgan fingerprint density at radius 1 is 0.941 bits per heavy atom. The number of unbranched alkanes of at least 4 members (excludes halogenated alkanes) is 4. The van der Waals surface area contributed by atoms with Crippen molar-refractivity contribution < 1.29 is 9.53 Å². The summed E-state index contributed by atoms with van der Waals surface area (Å²) >= 11 is 1.49. The van der Waals surface area contributed by atoms with Crippen LogP contribution < -0.4 is 4.74 Å². The van der Waals surface area contributed by atoms with Crippen LogP contribution >= 0.6 is 11.8 Å². The number of ether oxygens (including phenoxy) is 1. The van der Waals surface area contributed by atoms with Gasteiger partial charge in [-0.1, -0.05) is 75.1 Å². The van der Waals surface area contributed by atoms with Gasteiger partial charge in [0.2, 0.25) is 0 Å². The van der Waals surface area contributed by atoms with Gasteiger partial charge >= 0.3 is 0 Å². The van der Waals surface area contributed by atoms with E-state index in [-0.39, 0.29) is 5.91 Å². The van der Waals surface area contributed by atoms with Gasteiger partial charge in [-0.05, 0) is 47.5 Å². The molecule has 1 amide bonds. The summed E-state index contributed by atoms with van der Waals surface area (Å²) < 4.78 is 5.85. The zero-order chi connectivity index (χ0) is 23.6. The molecule has 0 aromatic heterocycles. The minimum atomic E-state index is -0.140. The van der Waals surface area contributed by atoms with Crippen molar-refractivity contribution in [2.75, 3.05) is 32.8 Å². The second-order valence-corrected chi connectivity index (χ2v) is 9.90. The molecule has 2 heterocycles. The highest BCUT2D eigenvalue weighted by molar-refractivity contribution is 8.18. The lowest BCUT2D eigenvalue weighted by Gasteiger charge is -2.35.